The molecule has 5 nitrogen and oxygen atoms in total. The third kappa shape index (κ3) is 2.89. The molecule has 0 fully saturated rings. The third-order valence-corrected chi connectivity index (χ3v) is 4.12. The van der Waals surface area contributed by atoms with E-state index >= 15 is 0 Å². The molecule has 0 saturated carbocycles. The molecule has 0 amide bonds. The van der Waals surface area contributed by atoms with Gasteiger partial charge < -0.3 is 5.32 Å². The van der Waals surface area contributed by atoms with Crippen LogP contribution in [0.15, 0.2) is 24.3 Å². The van der Waals surface area contributed by atoms with Crippen molar-refractivity contribution in [1.82, 2.24) is 19.8 Å². The van der Waals surface area contributed by atoms with Crippen LogP contribution in [0.5, 0.6) is 0 Å². The number of hydrogen-bond donors (Lipinski definition) is 1. The first-order valence-corrected chi connectivity index (χ1v) is 7.44. The van der Waals surface area contributed by atoms with Crippen LogP contribution in [0, 0.1) is 13.8 Å². The number of alkyl halides is 3. The fraction of sp³-hybridized carbons (Fsp3) is 0.267. The summed E-state index contributed by atoms with van der Waals surface area (Å²) in [6.45, 7) is 3.78. The van der Waals surface area contributed by atoms with Gasteiger partial charge in [-0.15, -0.1) is 15.3 Å². The molecule has 3 aromatic rings. The predicted octanol–water partition coefficient (Wildman–Crippen LogP) is 4.03. The van der Waals surface area contributed by atoms with Crippen LogP contribution >= 0.6 is 11.6 Å². The van der Waals surface area contributed by atoms with Gasteiger partial charge in [0.2, 0.25) is 0 Å². The smallest absolute Gasteiger partial charge is 0.364 e. The number of nitrogens with one attached hydrogen (secondary N) is 1. The van der Waals surface area contributed by atoms with Crippen molar-refractivity contribution < 1.29 is 13.2 Å². The van der Waals surface area contributed by atoms with Crippen LogP contribution in [0.3, 0.4) is 0 Å². The van der Waals surface area contributed by atoms with Crippen molar-refractivity contribution in [3.05, 3.63) is 51.8 Å². The lowest BCUT2D eigenvalue weighted by Gasteiger charge is -2.13. The molecule has 2 aromatic heterocycles. The molecule has 2 heterocycles. The molecule has 0 atom stereocenters. The van der Waals surface area contributed by atoms with E-state index in [1.165, 1.54) is 0 Å². The van der Waals surface area contributed by atoms with Crippen molar-refractivity contribution in [2.24, 2.45) is 0 Å². The molecule has 9 heteroatoms. The van der Waals surface area contributed by atoms with Crippen LogP contribution in [0.25, 0.3) is 5.65 Å². The molecule has 0 spiro atoms. The molecular weight excluding hydrogens is 343 g/mol. The van der Waals surface area contributed by atoms with Gasteiger partial charge in [-0.2, -0.15) is 17.7 Å². The summed E-state index contributed by atoms with van der Waals surface area (Å²) in [5.41, 5.74) is 2.19. The summed E-state index contributed by atoms with van der Waals surface area (Å²) < 4.78 is 39.8. The monoisotopic (exact) mass is 355 g/mol. The number of halogens is 4. The lowest BCUT2D eigenvalue weighted by Crippen LogP contribution is -2.15. The topological polar surface area (TPSA) is 55.1 Å². The lowest BCUT2D eigenvalue weighted by molar-refractivity contribution is -0.146. The summed E-state index contributed by atoms with van der Waals surface area (Å²) >= 11 is 6.09. The van der Waals surface area contributed by atoms with Gasteiger partial charge in [0.25, 0.3) is 5.82 Å². The Hall–Kier alpha value is -2.35. The van der Waals surface area contributed by atoms with Gasteiger partial charge in [-0.1, -0.05) is 29.8 Å². The Kier molecular flexibility index (Phi) is 4.08. The molecule has 0 aliphatic rings. The Bertz CT molecular complexity index is 904. The molecule has 0 radical (unpaired) electrons. The normalized spacial score (nSPS) is 11.9. The Balaban J connectivity index is 2.02. The second kappa shape index (κ2) is 5.94. The summed E-state index contributed by atoms with van der Waals surface area (Å²) in [6, 6.07) is 7.21. The van der Waals surface area contributed by atoms with Crippen LogP contribution < -0.4 is 5.32 Å². The van der Waals surface area contributed by atoms with E-state index in [0.717, 1.165) is 10.1 Å². The van der Waals surface area contributed by atoms with Crippen molar-refractivity contribution in [2.45, 2.75) is 26.6 Å². The highest BCUT2D eigenvalue weighted by Gasteiger charge is 2.38. The second-order valence-corrected chi connectivity index (χ2v) is 5.71. The van der Waals surface area contributed by atoms with Gasteiger partial charge >= 0.3 is 6.18 Å². The molecule has 1 aromatic carbocycles. The number of hydrogen-bond acceptors (Lipinski definition) is 4. The first-order chi connectivity index (χ1) is 11.3. The Morgan fingerprint density at radius 1 is 1.12 bits per heavy atom. The van der Waals surface area contributed by atoms with E-state index in [4.69, 9.17) is 11.6 Å². The van der Waals surface area contributed by atoms with Crippen LogP contribution in [-0.2, 0) is 12.7 Å². The summed E-state index contributed by atoms with van der Waals surface area (Å²) in [5.74, 6) is -0.827. The second-order valence-electron chi connectivity index (χ2n) is 5.30. The maximum atomic E-state index is 13.0. The molecular formula is C15H13ClF3N5. The molecule has 0 bridgehead atoms. The van der Waals surface area contributed by atoms with E-state index in [2.05, 4.69) is 20.6 Å². The zero-order valence-corrected chi connectivity index (χ0v) is 13.6. The minimum atomic E-state index is -4.63. The van der Waals surface area contributed by atoms with E-state index in [9.17, 15) is 13.2 Å². The van der Waals surface area contributed by atoms with Crippen LogP contribution in [0.4, 0.5) is 19.0 Å². The maximum Gasteiger partial charge on any atom is 0.453 e. The highest BCUT2D eigenvalue weighted by atomic mass is 35.5. The van der Waals surface area contributed by atoms with Gasteiger partial charge in [0, 0.05) is 17.1 Å². The highest BCUT2D eigenvalue weighted by molar-refractivity contribution is 6.31. The minimum Gasteiger partial charge on any atom is -0.364 e. The predicted molar refractivity (Wildman–Crippen MR) is 84.0 cm³/mol. The molecule has 3 rings (SSSR count). The summed E-state index contributed by atoms with van der Waals surface area (Å²) in [5, 5.41) is 14.4. The average Bonchev–Trinajstić information content (AvgIpc) is 2.95. The molecule has 0 unspecified atom stereocenters. The van der Waals surface area contributed by atoms with E-state index in [0.29, 0.717) is 28.5 Å². The zero-order valence-electron chi connectivity index (χ0n) is 12.8. The maximum absolute atomic E-state index is 13.0. The van der Waals surface area contributed by atoms with Gasteiger partial charge in [-0.25, -0.2) is 0 Å². The SMILES string of the molecule is Cc1c(NCc2ccccc2Cl)nn2c(C(F)(F)F)nnc2c1C. The van der Waals surface area contributed by atoms with Crippen molar-refractivity contribution in [2.75, 3.05) is 5.32 Å². The van der Waals surface area contributed by atoms with Crippen molar-refractivity contribution >= 4 is 23.1 Å². The summed E-state index contributed by atoms with van der Waals surface area (Å²) in [7, 11) is 0. The number of benzene rings is 1. The van der Waals surface area contributed by atoms with Gasteiger partial charge in [-0.3, -0.25) is 0 Å². The van der Waals surface area contributed by atoms with Crippen molar-refractivity contribution in [1.29, 1.82) is 0 Å². The van der Waals surface area contributed by atoms with E-state index < -0.39 is 12.0 Å². The highest BCUT2D eigenvalue weighted by Crippen LogP contribution is 2.29. The first-order valence-electron chi connectivity index (χ1n) is 7.06. The number of aromatic nitrogens is 4. The van der Waals surface area contributed by atoms with Crippen molar-refractivity contribution in [3.63, 3.8) is 0 Å². The summed E-state index contributed by atoms with van der Waals surface area (Å²) in [4.78, 5) is 0. The van der Waals surface area contributed by atoms with E-state index in [1.807, 2.05) is 12.1 Å². The third-order valence-electron chi connectivity index (χ3n) is 3.75. The fourth-order valence-electron chi connectivity index (χ4n) is 2.29. The molecule has 126 valence electrons. The number of aryl methyl sites for hydroxylation is 1. The van der Waals surface area contributed by atoms with E-state index in [-0.39, 0.29) is 5.65 Å². The van der Waals surface area contributed by atoms with Gasteiger partial charge in [0.05, 0.1) is 0 Å². The number of rotatable bonds is 3. The Morgan fingerprint density at radius 3 is 2.50 bits per heavy atom. The molecule has 24 heavy (non-hydrogen) atoms. The van der Waals surface area contributed by atoms with Crippen LogP contribution in [-0.4, -0.2) is 19.8 Å². The first kappa shape index (κ1) is 16.5. The molecule has 0 saturated heterocycles. The number of fused-ring (bicyclic) bond motifs is 1. The summed E-state index contributed by atoms with van der Waals surface area (Å²) in [6.07, 6.45) is -4.63. The molecule has 0 aliphatic heterocycles. The van der Waals surface area contributed by atoms with Crippen LogP contribution in [0.1, 0.15) is 22.5 Å². The Labute approximate surface area is 140 Å². The minimum absolute atomic E-state index is 0.0862. The standard InChI is InChI=1S/C15H13ClF3N5/c1-8-9(2)13-21-22-14(15(17,18)19)24(13)23-12(8)20-7-10-5-3-4-6-11(10)16/h3-6H,7H2,1-2H3,(H,20,23). The van der Waals surface area contributed by atoms with Gasteiger partial charge in [-0.05, 0) is 31.0 Å². The number of anilines is 1. The fourth-order valence-corrected chi connectivity index (χ4v) is 2.50. The average molecular weight is 356 g/mol. The molecule has 1 N–H and O–H groups in total. The van der Waals surface area contributed by atoms with Gasteiger partial charge in [0.1, 0.15) is 0 Å². The zero-order chi connectivity index (χ0) is 17.5. The van der Waals surface area contributed by atoms with Gasteiger partial charge in [0.15, 0.2) is 11.5 Å². The Morgan fingerprint density at radius 2 is 1.83 bits per heavy atom. The quantitative estimate of drug-likeness (QED) is 0.770. The van der Waals surface area contributed by atoms with E-state index in [1.54, 1.807) is 26.0 Å². The van der Waals surface area contributed by atoms with Crippen molar-refractivity contribution in [3.8, 4) is 0 Å². The van der Waals surface area contributed by atoms with Crippen LogP contribution in [0.2, 0.25) is 5.02 Å². The lowest BCUT2D eigenvalue weighted by atomic mass is 10.1. The number of nitrogens with zero attached hydrogens (tertiary/aromatic N) is 4. The molecule has 0 aliphatic carbocycles. The largest absolute Gasteiger partial charge is 0.453 e.